The summed E-state index contributed by atoms with van der Waals surface area (Å²) in [5, 5.41) is 13.6. The van der Waals surface area contributed by atoms with Crippen molar-refractivity contribution < 1.29 is 19.4 Å². The van der Waals surface area contributed by atoms with Gasteiger partial charge >= 0.3 is 12.0 Å². The summed E-state index contributed by atoms with van der Waals surface area (Å²) in [5.41, 5.74) is 0.422. The Morgan fingerprint density at radius 2 is 2.17 bits per heavy atom. The van der Waals surface area contributed by atoms with Gasteiger partial charge in [0.05, 0.1) is 24.2 Å². The van der Waals surface area contributed by atoms with Crippen LogP contribution in [0.2, 0.25) is 5.02 Å². The van der Waals surface area contributed by atoms with Crippen LogP contribution in [-0.4, -0.2) is 30.8 Å². The van der Waals surface area contributed by atoms with Gasteiger partial charge in [0.2, 0.25) is 0 Å². The third-order valence-electron chi connectivity index (χ3n) is 2.05. The van der Waals surface area contributed by atoms with Gasteiger partial charge in [-0.15, -0.1) is 0 Å². The van der Waals surface area contributed by atoms with Crippen LogP contribution in [0.4, 0.5) is 10.5 Å². The predicted octanol–water partition coefficient (Wildman–Crippen LogP) is 1.94. The molecule has 0 aliphatic carbocycles. The Labute approximate surface area is 109 Å². The SMILES string of the molecule is COc1ccc(NC(=O)NCCC(=O)O)c(Cl)c1. The van der Waals surface area contributed by atoms with Crippen LogP contribution >= 0.6 is 11.6 Å². The Morgan fingerprint density at radius 3 is 2.72 bits per heavy atom. The molecule has 0 aliphatic heterocycles. The fraction of sp³-hybridized carbons (Fsp3) is 0.273. The first-order valence-corrected chi connectivity index (χ1v) is 5.51. The lowest BCUT2D eigenvalue weighted by Crippen LogP contribution is -2.30. The molecule has 3 N–H and O–H groups in total. The minimum absolute atomic E-state index is 0.0505. The molecule has 1 aromatic carbocycles. The average molecular weight is 273 g/mol. The molecule has 0 saturated carbocycles. The van der Waals surface area contributed by atoms with Crippen LogP contribution in [0.5, 0.6) is 5.75 Å². The van der Waals surface area contributed by atoms with Crippen molar-refractivity contribution in [2.45, 2.75) is 6.42 Å². The molecule has 0 spiro atoms. The summed E-state index contributed by atoms with van der Waals surface area (Å²) in [6, 6.07) is 4.30. The first-order valence-electron chi connectivity index (χ1n) is 5.13. The van der Waals surface area contributed by atoms with Crippen molar-refractivity contribution in [1.82, 2.24) is 5.32 Å². The zero-order chi connectivity index (χ0) is 13.5. The number of carbonyl (C=O) groups is 2. The Hall–Kier alpha value is -1.95. The topological polar surface area (TPSA) is 87.7 Å². The van der Waals surface area contributed by atoms with E-state index in [1.54, 1.807) is 18.2 Å². The second-order valence-electron chi connectivity index (χ2n) is 3.37. The van der Waals surface area contributed by atoms with Crippen LogP contribution < -0.4 is 15.4 Å². The van der Waals surface area contributed by atoms with E-state index in [0.717, 1.165) is 0 Å². The van der Waals surface area contributed by atoms with E-state index in [0.29, 0.717) is 16.5 Å². The van der Waals surface area contributed by atoms with Crippen LogP contribution in [0.25, 0.3) is 0 Å². The number of anilines is 1. The third-order valence-corrected chi connectivity index (χ3v) is 2.36. The molecule has 0 heterocycles. The molecule has 1 rings (SSSR count). The van der Waals surface area contributed by atoms with E-state index in [9.17, 15) is 9.59 Å². The summed E-state index contributed by atoms with van der Waals surface area (Å²) < 4.78 is 4.97. The minimum Gasteiger partial charge on any atom is -0.497 e. The second kappa shape index (κ2) is 6.70. The Morgan fingerprint density at radius 1 is 1.44 bits per heavy atom. The van der Waals surface area contributed by atoms with Crippen LogP contribution in [0.1, 0.15) is 6.42 Å². The predicted molar refractivity (Wildman–Crippen MR) is 67.3 cm³/mol. The monoisotopic (exact) mass is 272 g/mol. The number of methoxy groups -OCH3 is 1. The molecular formula is C11H13ClN2O4. The van der Waals surface area contributed by atoms with E-state index in [-0.39, 0.29) is 13.0 Å². The van der Waals surface area contributed by atoms with Crippen molar-refractivity contribution in [3.63, 3.8) is 0 Å². The molecule has 0 fully saturated rings. The van der Waals surface area contributed by atoms with Gasteiger partial charge in [-0.2, -0.15) is 0 Å². The number of benzene rings is 1. The maximum Gasteiger partial charge on any atom is 0.319 e. The number of ether oxygens (including phenoxy) is 1. The first-order chi connectivity index (χ1) is 8.52. The van der Waals surface area contributed by atoms with Crippen molar-refractivity contribution in [3.05, 3.63) is 23.2 Å². The highest BCUT2D eigenvalue weighted by Gasteiger charge is 2.06. The van der Waals surface area contributed by atoms with Crippen molar-refractivity contribution in [2.24, 2.45) is 0 Å². The van der Waals surface area contributed by atoms with Gasteiger partial charge in [0.1, 0.15) is 5.75 Å². The highest BCUT2D eigenvalue weighted by molar-refractivity contribution is 6.33. The molecule has 7 heteroatoms. The Bertz CT molecular complexity index is 451. The number of hydrogen-bond donors (Lipinski definition) is 3. The van der Waals surface area contributed by atoms with E-state index >= 15 is 0 Å². The summed E-state index contributed by atoms with van der Waals surface area (Å²) in [7, 11) is 1.51. The third kappa shape index (κ3) is 4.50. The van der Waals surface area contributed by atoms with E-state index in [1.807, 2.05) is 0 Å². The van der Waals surface area contributed by atoms with Crippen molar-refractivity contribution in [3.8, 4) is 5.75 Å². The van der Waals surface area contributed by atoms with Crippen LogP contribution in [-0.2, 0) is 4.79 Å². The molecule has 0 aromatic heterocycles. The van der Waals surface area contributed by atoms with Gasteiger partial charge < -0.3 is 20.5 Å². The van der Waals surface area contributed by atoms with Gasteiger partial charge in [-0.3, -0.25) is 4.79 Å². The molecule has 0 saturated heterocycles. The quantitative estimate of drug-likeness (QED) is 0.764. The number of nitrogens with one attached hydrogen (secondary N) is 2. The average Bonchev–Trinajstić information content (AvgIpc) is 2.31. The molecule has 1 aromatic rings. The highest BCUT2D eigenvalue weighted by Crippen LogP contribution is 2.26. The van der Waals surface area contributed by atoms with Gasteiger partial charge in [0.25, 0.3) is 0 Å². The van der Waals surface area contributed by atoms with Crippen molar-refractivity contribution >= 4 is 29.3 Å². The molecule has 0 bridgehead atoms. The molecular weight excluding hydrogens is 260 g/mol. The number of carbonyl (C=O) groups excluding carboxylic acids is 1. The summed E-state index contributed by atoms with van der Waals surface area (Å²) in [6.07, 6.45) is -0.135. The number of hydrogen-bond acceptors (Lipinski definition) is 3. The second-order valence-corrected chi connectivity index (χ2v) is 3.78. The molecule has 0 aliphatic rings. The lowest BCUT2D eigenvalue weighted by molar-refractivity contribution is -0.136. The van der Waals surface area contributed by atoms with Crippen LogP contribution in [0.3, 0.4) is 0 Å². The maximum atomic E-state index is 11.4. The number of carboxylic acids is 1. The Kier molecular flexibility index (Phi) is 5.26. The molecule has 0 radical (unpaired) electrons. The number of urea groups is 1. The summed E-state index contributed by atoms with van der Waals surface area (Å²) in [6.45, 7) is 0.0505. The summed E-state index contributed by atoms with van der Waals surface area (Å²) in [5.74, 6) is -0.394. The maximum absolute atomic E-state index is 11.4. The normalized spacial score (nSPS) is 9.67. The van der Waals surface area contributed by atoms with Gasteiger partial charge in [-0.1, -0.05) is 11.6 Å². The van der Waals surface area contributed by atoms with E-state index < -0.39 is 12.0 Å². The van der Waals surface area contributed by atoms with Crippen molar-refractivity contribution in [1.29, 1.82) is 0 Å². The summed E-state index contributed by atoms with van der Waals surface area (Å²) >= 11 is 5.92. The van der Waals surface area contributed by atoms with Gasteiger partial charge in [0, 0.05) is 12.6 Å². The number of amides is 2. The zero-order valence-corrected chi connectivity index (χ0v) is 10.5. The molecule has 2 amide bonds. The van der Waals surface area contributed by atoms with Crippen molar-refractivity contribution in [2.75, 3.05) is 19.0 Å². The van der Waals surface area contributed by atoms with E-state index in [4.69, 9.17) is 21.4 Å². The lowest BCUT2D eigenvalue weighted by Gasteiger charge is -2.09. The largest absolute Gasteiger partial charge is 0.497 e. The fourth-order valence-electron chi connectivity index (χ4n) is 1.17. The van der Waals surface area contributed by atoms with E-state index in [1.165, 1.54) is 7.11 Å². The van der Waals surface area contributed by atoms with Crippen LogP contribution in [0, 0.1) is 0 Å². The van der Waals surface area contributed by atoms with E-state index in [2.05, 4.69) is 10.6 Å². The molecule has 0 unspecified atom stereocenters. The number of halogens is 1. The molecule has 98 valence electrons. The lowest BCUT2D eigenvalue weighted by atomic mass is 10.3. The highest BCUT2D eigenvalue weighted by atomic mass is 35.5. The van der Waals surface area contributed by atoms with Crippen LogP contribution in [0.15, 0.2) is 18.2 Å². The number of carboxylic acid groups (broad SMARTS) is 1. The Balaban J connectivity index is 2.51. The smallest absolute Gasteiger partial charge is 0.319 e. The number of aliphatic carboxylic acids is 1. The standard InChI is InChI=1S/C11H13ClN2O4/c1-18-7-2-3-9(8(12)6-7)14-11(17)13-5-4-10(15)16/h2-3,6H,4-5H2,1H3,(H,15,16)(H2,13,14,17). The molecule has 6 nitrogen and oxygen atoms in total. The molecule has 0 atom stereocenters. The fourth-order valence-corrected chi connectivity index (χ4v) is 1.39. The number of rotatable bonds is 5. The van der Waals surface area contributed by atoms with Gasteiger partial charge in [-0.25, -0.2) is 4.79 Å². The summed E-state index contributed by atoms with van der Waals surface area (Å²) in [4.78, 5) is 21.7. The minimum atomic E-state index is -0.974. The van der Waals surface area contributed by atoms with Gasteiger partial charge in [-0.05, 0) is 12.1 Å². The molecule has 18 heavy (non-hydrogen) atoms. The first kappa shape index (κ1) is 14.1. The zero-order valence-electron chi connectivity index (χ0n) is 9.70. The van der Waals surface area contributed by atoms with Gasteiger partial charge in [0.15, 0.2) is 0 Å².